The second kappa shape index (κ2) is 4.09. The van der Waals surface area contributed by atoms with Gasteiger partial charge in [0.25, 0.3) is 0 Å². The molecule has 2 aromatic heterocycles. The third-order valence-corrected chi connectivity index (χ3v) is 1.90. The van der Waals surface area contributed by atoms with Crippen molar-refractivity contribution >= 4 is 5.97 Å². The molecule has 0 aliphatic heterocycles. The van der Waals surface area contributed by atoms with Crippen molar-refractivity contribution in [1.29, 1.82) is 0 Å². The van der Waals surface area contributed by atoms with E-state index in [1.165, 1.54) is 22.8 Å². The third-order valence-electron chi connectivity index (χ3n) is 1.90. The SMILES string of the molecule is COC(=O)c1cn(Cc2cnn(C)n2)nn1. The van der Waals surface area contributed by atoms with Gasteiger partial charge in [0.2, 0.25) is 0 Å². The first-order chi connectivity index (χ1) is 7.69. The summed E-state index contributed by atoms with van der Waals surface area (Å²) in [5.74, 6) is -0.509. The fourth-order valence-corrected chi connectivity index (χ4v) is 1.20. The van der Waals surface area contributed by atoms with Crippen LogP contribution in [0.4, 0.5) is 0 Å². The van der Waals surface area contributed by atoms with Gasteiger partial charge in [0, 0.05) is 7.05 Å². The Balaban J connectivity index is 2.11. The first-order valence-electron chi connectivity index (χ1n) is 4.52. The number of aryl methyl sites for hydroxylation is 1. The molecular formula is C8H10N6O2. The summed E-state index contributed by atoms with van der Waals surface area (Å²) in [5, 5.41) is 15.5. The van der Waals surface area contributed by atoms with E-state index in [1.807, 2.05) is 0 Å². The van der Waals surface area contributed by atoms with Gasteiger partial charge >= 0.3 is 5.97 Å². The Morgan fingerprint density at radius 1 is 1.56 bits per heavy atom. The molecule has 0 aliphatic carbocycles. The largest absolute Gasteiger partial charge is 0.464 e. The van der Waals surface area contributed by atoms with E-state index in [4.69, 9.17) is 0 Å². The molecule has 84 valence electrons. The minimum absolute atomic E-state index is 0.173. The summed E-state index contributed by atoms with van der Waals surface area (Å²) in [4.78, 5) is 12.6. The summed E-state index contributed by atoms with van der Waals surface area (Å²) < 4.78 is 6.01. The molecule has 0 amide bonds. The van der Waals surface area contributed by atoms with Crippen LogP contribution in [0.25, 0.3) is 0 Å². The van der Waals surface area contributed by atoms with Crippen LogP contribution in [0.15, 0.2) is 12.4 Å². The van der Waals surface area contributed by atoms with Crippen LogP contribution >= 0.6 is 0 Å². The molecule has 0 aliphatic rings. The van der Waals surface area contributed by atoms with E-state index in [0.717, 1.165) is 5.69 Å². The number of nitrogens with zero attached hydrogens (tertiary/aromatic N) is 6. The van der Waals surface area contributed by atoms with Crippen LogP contribution < -0.4 is 0 Å². The summed E-state index contributed by atoms with van der Waals surface area (Å²) in [6, 6.07) is 0. The van der Waals surface area contributed by atoms with Crippen molar-refractivity contribution in [2.45, 2.75) is 6.54 Å². The fourth-order valence-electron chi connectivity index (χ4n) is 1.20. The van der Waals surface area contributed by atoms with Gasteiger partial charge in [0.15, 0.2) is 5.69 Å². The maximum absolute atomic E-state index is 11.1. The second-order valence-electron chi connectivity index (χ2n) is 3.12. The van der Waals surface area contributed by atoms with E-state index in [1.54, 1.807) is 13.2 Å². The van der Waals surface area contributed by atoms with Gasteiger partial charge in [-0.15, -0.1) is 5.10 Å². The first kappa shape index (κ1) is 10.3. The molecular weight excluding hydrogens is 212 g/mol. The lowest BCUT2D eigenvalue weighted by Crippen LogP contribution is -2.02. The number of rotatable bonds is 3. The molecule has 8 heteroatoms. The normalized spacial score (nSPS) is 10.4. The molecule has 0 aromatic carbocycles. The number of hydrogen-bond donors (Lipinski definition) is 0. The van der Waals surface area contributed by atoms with Crippen molar-refractivity contribution in [3.8, 4) is 0 Å². The number of carbonyl (C=O) groups excluding carboxylic acids is 1. The van der Waals surface area contributed by atoms with Crippen LogP contribution in [0.3, 0.4) is 0 Å². The highest BCUT2D eigenvalue weighted by Crippen LogP contribution is 1.99. The Bertz CT molecular complexity index is 502. The van der Waals surface area contributed by atoms with Crippen molar-refractivity contribution in [3.63, 3.8) is 0 Å². The molecule has 0 bridgehead atoms. The molecule has 0 saturated carbocycles. The Morgan fingerprint density at radius 3 is 3.00 bits per heavy atom. The monoisotopic (exact) mass is 222 g/mol. The van der Waals surface area contributed by atoms with Gasteiger partial charge in [0.05, 0.1) is 26.0 Å². The van der Waals surface area contributed by atoms with Crippen LogP contribution in [-0.2, 0) is 18.3 Å². The summed E-state index contributed by atoms with van der Waals surface area (Å²) in [5.41, 5.74) is 0.912. The summed E-state index contributed by atoms with van der Waals surface area (Å²) in [6.07, 6.45) is 3.13. The van der Waals surface area contributed by atoms with Crippen LogP contribution in [-0.4, -0.2) is 43.1 Å². The molecule has 0 spiro atoms. The quantitative estimate of drug-likeness (QED) is 0.634. The zero-order valence-corrected chi connectivity index (χ0v) is 8.86. The summed E-state index contributed by atoms with van der Waals surface area (Å²) >= 11 is 0. The smallest absolute Gasteiger partial charge is 0.360 e. The zero-order valence-electron chi connectivity index (χ0n) is 8.86. The van der Waals surface area contributed by atoms with Gasteiger partial charge in [-0.3, -0.25) is 0 Å². The van der Waals surface area contributed by atoms with Crippen molar-refractivity contribution in [2.24, 2.45) is 7.05 Å². The number of esters is 1. The van der Waals surface area contributed by atoms with Gasteiger partial charge in [0.1, 0.15) is 5.69 Å². The lowest BCUT2D eigenvalue weighted by atomic mass is 10.4. The second-order valence-corrected chi connectivity index (χ2v) is 3.12. The standard InChI is InChI=1S/C8H10N6O2/c1-13-9-3-6(11-13)4-14-5-7(10-12-14)8(15)16-2/h3,5H,4H2,1-2H3. The number of methoxy groups -OCH3 is 1. The summed E-state index contributed by atoms with van der Waals surface area (Å²) in [7, 11) is 3.02. The Hall–Kier alpha value is -2.25. The van der Waals surface area contributed by atoms with Crippen LogP contribution in [0, 0.1) is 0 Å². The molecule has 16 heavy (non-hydrogen) atoms. The maximum Gasteiger partial charge on any atom is 0.360 e. The Kier molecular flexibility index (Phi) is 2.63. The molecule has 2 rings (SSSR count). The maximum atomic E-state index is 11.1. The van der Waals surface area contributed by atoms with Gasteiger partial charge in [-0.05, 0) is 0 Å². The highest BCUT2D eigenvalue weighted by Gasteiger charge is 2.11. The number of carbonyl (C=O) groups is 1. The van der Waals surface area contributed by atoms with Gasteiger partial charge in [-0.25, -0.2) is 9.48 Å². The highest BCUT2D eigenvalue weighted by molar-refractivity contribution is 5.86. The van der Waals surface area contributed by atoms with Gasteiger partial charge in [-0.2, -0.15) is 15.0 Å². The van der Waals surface area contributed by atoms with E-state index in [2.05, 4.69) is 25.2 Å². The fraction of sp³-hybridized carbons (Fsp3) is 0.375. The van der Waals surface area contributed by atoms with Gasteiger partial charge in [-0.1, -0.05) is 5.21 Å². The molecule has 0 radical (unpaired) electrons. The molecule has 0 N–H and O–H groups in total. The van der Waals surface area contributed by atoms with E-state index in [-0.39, 0.29) is 5.69 Å². The van der Waals surface area contributed by atoms with Crippen molar-refractivity contribution in [1.82, 2.24) is 30.0 Å². The Labute approximate surface area is 90.8 Å². The van der Waals surface area contributed by atoms with Crippen molar-refractivity contribution < 1.29 is 9.53 Å². The van der Waals surface area contributed by atoms with E-state index in [9.17, 15) is 4.79 Å². The molecule has 8 nitrogen and oxygen atoms in total. The predicted octanol–water partition coefficient (Wildman–Crippen LogP) is -0.759. The lowest BCUT2D eigenvalue weighted by Gasteiger charge is -1.93. The zero-order chi connectivity index (χ0) is 11.5. The minimum atomic E-state index is -0.509. The topological polar surface area (TPSA) is 87.7 Å². The Morgan fingerprint density at radius 2 is 2.38 bits per heavy atom. The molecule has 0 unspecified atom stereocenters. The van der Waals surface area contributed by atoms with Crippen LogP contribution in [0.2, 0.25) is 0 Å². The van der Waals surface area contributed by atoms with Crippen molar-refractivity contribution in [2.75, 3.05) is 7.11 Å². The molecule has 2 heterocycles. The predicted molar refractivity (Wildman–Crippen MR) is 51.5 cm³/mol. The number of hydrogen-bond acceptors (Lipinski definition) is 6. The van der Waals surface area contributed by atoms with E-state index < -0.39 is 5.97 Å². The average molecular weight is 222 g/mol. The number of ether oxygens (including phenoxy) is 1. The number of aromatic nitrogens is 6. The molecule has 2 aromatic rings. The minimum Gasteiger partial charge on any atom is -0.464 e. The van der Waals surface area contributed by atoms with Crippen LogP contribution in [0.5, 0.6) is 0 Å². The highest BCUT2D eigenvalue weighted by atomic mass is 16.5. The average Bonchev–Trinajstić information content (AvgIpc) is 2.87. The molecule has 0 fully saturated rings. The summed E-state index contributed by atoms with van der Waals surface area (Å²) in [6.45, 7) is 0.415. The first-order valence-corrected chi connectivity index (χ1v) is 4.52. The molecule has 0 atom stereocenters. The van der Waals surface area contributed by atoms with E-state index >= 15 is 0 Å². The molecule has 0 saturated heterocycles. The van der Waals surface area contributed by atoms with Crippen LogP contribution in [0.1, 0.15) is 16.2 Å². The van der Waals surface area contributed by atoms with E-state index in [0.29, 0.717) is 6.54 Å². The third kappa shape index (κ3) is 2.05. The van der Waals surface area contributed by atoms with Crippen molar-refractivity contribution in [3.05, 3.63) is 23.8 Å². The lowest BCUT2D eigenvalue weighted by molar-refractivity contribution is 0.0594. The van der Waals surface area contributed by atoms with Gasteiger partial charge < -0.3 is 4.74 Å².